The molecule has 0 aromatic rings. The number of nitrogens with zero attached hydrogens (tertiary/aromatic N) is 1. The second kappa shape index (κ2) is 5.00. The van der Waals surface area contributed by atoms with Gasteiger partial charge in [0.05, 0.1) is 5.66 Å². The summed E-state index contributed by atoms with van der Waals surface area (Å²) in [7, 11) is 0. The van der Waals surface area contributed by atoms with Gasteiger partial charge in [-0.3, -0.25) is 5.84 Å². The molecule has 4 nitrogen and oxygen atoms in total. The van der Waals surface area contributed by atoms with Crippen LogP contribution >= 0.6 is 0 Å². The fourth-order valence-electron chi connectivity index (χ4n) is 3.23. The number of nitrogens with two attached hydrogens (primary N) is 3. The second-order valence-electron chi connectivity index (χ2n) is 5.54. The maximum atomic E-state index is 6.45. The van der Waals surface area contributed by atoms with E-state index in [9.17, 15) is 0 Å². The van der Waals surface area contributed by atoms with Crippen molar-refractivity contribution < 1.29 is 0 Å². The predicted molar refractivity (Wildman–Crippen MR) is 66.3 cm³/mol. The van der Waals surface area contributed by atoms with Gasteiger partial charge in [0.2, 0.25) is 0 Å². The van der Waals surface area contributed by atoms with E-state index in [4.69, 9.17) is 17.3 Å². The molecule has 16 heavy (non-hydrogen) atoms. The van der Waals surface area contributed by atoms with Gasteiger partial charge in [-0.25, -0.2) is 5.01 Å². The van der Waals surface area contributed by atoms with E-state index in [1.807, 2.05) is 5.01 Å². The molecule has 0 spiro atoms. The summed E-state index contributed by atoms with van der Waals surface area (Å²) in [6.45, 7) is 0. The van der Waals surface area contributed by atoms with Crippen LogP contribution in [0.2, 0.25) is 0 Å². The monoisotopic (exact) mass is 226 g/mol. The molecule has 0 aromatic heterocycles. The maximum Gasteiger partial charge on any atom is 0.0973 e. The fraction of sp³-hybridized carbons (Fsp3) is 1.00. The van der Waals surface area contributed by atoms with Crippen molar-refractivity contribution in [3.63, 3.8) is 0 Å². The summed E-state index contributed by atoms with van der Waals surface area (Å²) in [5.41, 5.74) is 12.2. The third-order valence-corrected chi connectivity index (χ3v) is 4.43. The Bertz CT molecular complexity index is 227. The van der Waals surface area contributed by atoms with Crippen LogP contribution in [0.3, 0.4) is 0 Å². The largest absolute Gasteiger partial charge is 0.325 e. The lowest BCUT2D eigenvalue weighted by Crippen LogP contribution is -2.72. The molecule has 0 bridgehead atoms. The van der Waals surface area contributed by atoms with Gasteiger partial charge in [-0.2, -0.15) is 0 Å². The number of hydrazine groups is 1. The fourth-order valence-corrected chi connectivity index (χ4v) is 3.23. The zero-order valence-corrected chi connectivity index (χ0v) is 10.2. The average molecular weight is 226 g/mol. The molecule has 2 aliphatic rings. The first-order valence-electron chi connectivity index (χ1n) is 6.73. The van der Waals surface area contributed by atoms with Gasteiger partial charge in [-0.05, 0) is 25.7 Å². The van der Waals surface area contributed by atoms with Gasteiger partial charge < -0.3 is 11.5 Å². The third-order valence-electron chi connectivity index (χ3n) is 4.43. The summed E-state index contributed by atoms with van der Waals surface area (Å²) in [6, 6.07) is 0.482. The van der Waals surface area contributed by atoms with Crippen LogP contribution in [0, 0.1) is 0 Å². The zero-order chi connectivity index (χ0) is 11.6. The second-order valence-corrected chi connectivity index (χ2v) is 5.54. The van der Waals surface area contributed by atoms with Crippen molar-refractivity contribution in [1.29, 1.82) is 0 Å². The minimum absolute atomic E-state index is 0.0353. The molecular weight excluding hydrogens is 200 g/mol. The van der Waals surface area contributed by atoms with Crippen molar-refractivity contribution in [2.45, 2.75) is 75.5 Å². The topological polar surface area (TPSA) is 81.3 Å². The van der Waals surface area contributed by atoms with E-state index in [0.717, 1.165) is 19.3 Å². The summed E-state index contributed by atoms with van der Waals surface area (Å²) in [4.78, 5) is 0. The molecule has 4 heteroatoms. The van der Waals surface area contributed by atoms with Gasteiger partial charge in [-0.1, -0.05) is 32.1 Å². The lowest BCUT2D eigenvalue weighted by atomic mass is 9.82. The third kappa shape index (κ3) is 2.25. The molecule has 0 aromatic carbocycles. The van der Waals surface area contributed by atoms with Crippen molar-refractivity contribution in [2.75, 3.05) is 0 Å². The Morgan fingerprint density at radius 2 is 1.56 bits per heavy atom. The predicted octanol–water partition coefficient (Wildman–Crippen LogP) is 1.05. The first-order chi connectivity index (χ1) is 7.64. The highest BCUT2D eigenvalue weighted by Crippen LogP contribution is 2.31. The first-order valence-corrected chi connectivity index (χ1v) is 6.73. The van der Waals surface area contributed by atoms with Crippen molar-refractivity contribution in [2.24, 2.45) is 17.3 Å². The van der Waals surface area contributed by atoms with Crippen LogP contribution in [0.1, 0.15) is 57.8 Å². The Labute approximate surface area is 98.5 Å². The molecule has 0 heterocycles. The number of hydrogen-bond donors (Lipinski definition) is 3. The van der Waals surface area contributed by atoms with E-state index in [1.54, 1.807) is 0 Å². The highest BCUT2D eigenvalue weighted by atomic mass is 15.5. The van der Waals surface area contributed by atoms with Crippen LogP contribution in [0.4, 0.5) is 0 Å². The van der Waals surface area contributed by atoms with Gasteiger partial charge in [0.1, 0.15) is 0 Å². The van der Waals surface area contributed by atoms with Crippen molar-refractivity contribution >= 4 is 0 Å². The Balaban J connectivity index is 2.02. The average Bonchev–Trinajstić information content (AvgIpc) is 2.33. The lowest BCUT2D eigenvalue weighted by molar-refractivity contribution is -0.0117. The molecular formula is C12H26N4. The summed E-state index contributed by atoms with van der Waals surface area (Å²) in [5.74, 6) is 6.28. The van der Waals surface area contributed by atoms with E-state index < -0.39 is 5.66 Å². The Kier molecular flexibility index (Phi) is 3.85. The lowest BCUT2D eigenvalue weighted by Gasteiger charge is -2.49. The van der Waals surface area contributed by atoms with Crippen LogP contribution in [0.25, 0.3) is 0 Å². The Hall–Kier alpha value is -0.160. The van der Waals surface area contributed by atoms with Gasteiger partial charge in [0.25, 0.3) is 0 Å². The molecule has 0 amide bonds. The Morgan fingerprint density at radius 3 is 2.19 bits per heavy atom. The SMILES string of the molecule is NC1CCCCC1(N)N(N)C1CCCCC1. The smallest absolute Gasteiger partial charge is 0.0973 e. The van der Waals surface area contributed by atoms with Crippen LogP contribution in [0.15, 0.2) is 0 Å². The van der Waals surface area contributed by atoms with Gasteiger partial charge in [0, 0.05) is 12.1 Å². The molecule has 94 valence electrons. The maximum absolute atomic E-state index is 6.45. The molecule has 0 aliphatic heterocycles. The van der Waals surface area contributed by atoms with Crippen LogP contribution in [0.5, 0.6) is 0 Å². The molecule has 2 unspecified atom stereocenters. The van der Waals surface area contributed by atoms with Gasteiger partial charge in [0.15, 0.2) is 0 Å². The van der Waals surface area contributed by atoms with Crippen molar-refractivity contribution in [3.8, 4) is 0 Å². The number of rotatable bonds is 2. The van der Waals surface area contributed by atoms with E-state index >= 15 is 0 Å². The molecule has 2 atom stereocenters. The standard InChI is InChI=1S/C12H26N4/c13-11-8-4-5-9-12(11,14)16(15)10-6-2-1-3-7-10/h10-11H,1-9,13-15H2. The molecule has 2 fully saturated rings. The molecule has 0 saturated heterocycles. The highest BCUT2D eigenvalue weighted by Gasteiger charge is 2.42. The van der Waals surface area contributed by atoms with E-state index in [-0.39, 0.29) is 6.04 Å². The molecule has 2 aliphatic carbocycles. The summed E-state index contributed by atoms with van der Waals surface area (Å²) in [5, 5.41) is 1.91. The van der Waals surface area contributed by atoms with Gasteiger partial charge in [-0.15, -0.1) is 0 Å². The number of hydrogen-bond acceptors (Lipinski definition) is 4. The molecule has 2 rings (SSSR count). The summed E-state index contributed by atoms with van der Waals surface area (Å²) < 4.78 is 0. The highest BCUT2D eigenvalue weighted by molar-refractivity contribution is 4.97. The van der Waals surface area contributed by atoms with E-state index in [0.29, 0.717) is 6.04 Å². The molecule has 2 saturated carbocycles. The normalized spacial score (nSPS) is 37.9. The molecule has 0 radical (unpaired) electrons. The van der Waals surface area contributed by atoms with Crippen LogP contribution < -0.4 is 17.3 Å². The quantitative estimate of drug-likeness (QED) is 0.373. The van der Waals surface area contributed by atoms with Crippen molar-refractivity contribution in [3.05, 3.63) is 0 Å². The first kappa shape index (κ1) is 12.3. The zero-order valence-electron chi connectivity index (χ0n) is 10.2. The summed E-state index contributed by atoms with van der Waals surface area (Å²) >= 11 is 0. The summed E-state index contributed by atoms with van der Waals surface area (Å²) in [6.07, 6.45) is 10.6. The van der Waals surface area contributed by atoms with E-state index in [2.05, 4.69) is 0 Å². The molecule has 6 N–H and O–H groups in total. The minimum atomic E-state index is -0.458. The van der Waals surface area contributed by atoms with E-state index in [1.165, 1.54) is 38.5 Å². The van der Waals surface area contributed by atoms with Crippen LogP contribution in [-0.2, 0) is 0 Å². The Morgan fingerprint density at radius 1 is 0.938 bits per heavy atom. The minimum Gasteiger partial charge on any atom is -0.325 e. The van der Waals surface area contributed by atoms with Gasteiger partial charge >= 0.3 is 0 Å². The van der Waals surface area contributed by atoms with Crippen molar-refractivity contribution in [1.82, 2.24) is 5.01 Å². The van der Waals surface area contributed by atoms with Crippen LogP contribution in [-0.4, -0.2) is 22.8 Å².